The van der Waals surface area contributed by atoms with Crippen LogP contribution in [0.2, 0.25) is 0 Å². The van der Waals surface area contributed by atoms with Crippen LogP contribution in [0.5, 0.6) is 0 Å². The summed E-state index contributed by atoms with van der Waals surface area (Å²) >= 11 is 1.34. The number of benzene rings is 2. The predicted molar refractivity (Wildman–Crippen MR) is 108 cm³/mol. The van der Waals surface area contributed by atoms with E-state index < -0.39 is 0 Å². The fourth-order valence-electron chi connectivity index (χ4n) is 2.75. The molecule has 7 heteroatoms. The SMILES string of the molecule is Cc1ccc(NC(=O)[C@H](C)Sc2nnnn2-c2cc(C)ccc2C)c(C)c1. The van der Waals surface area contributed by atoms with Crippen LogP contribution < -0.4 is 5.32 Å². The second kappa shape index (κ2) is 7.92. The first-order valence-electron chi connectivity index (χ1n) is 8.76. The number of amides is 1. The number of carbonyl (C=O) groups is 1. The minimum atomic E-state index is -0.347. The van der Waals surface area contributed by atoms with Gasteiger partial charge in [0.1, 0.15) is 0 Å². The Morgan fingerprint density at radius 1 is 1.04 bits per heavy atom. The van der Waals surface area contributed by atoms with Crippen LogP contribution in [0.15, 0.2) is 41.6 Å². The predicted octanol–water partition coefficient (Wildman–Crippen LogP) is 4.02. The van der Waals surface area contributed by atoms with E-state index in [1.807, 2.05) is 58.9 Å². The number of carbonyl (C=O) groups excluding carboxylic acids is 1. The first-order chi connectivity index (χ1) is 12.8. The van der Waals surface area contributed by atoms with Crippen molar-refractivity contribution in [1.29, 1.82) is 0 Å². The Labute approximate surface area is 163 Å². The monoisotopic (exact) mass is 381 g/mol. The van der Waals surface area contributed by atoms with Crippen LogP contribution in [0.3, 0.4) is 0 Å². The van der Waals surface area contributed by atoms with Crippen LogP contribution in [0.4, 0.5) is 5.69 Å². The van der Waals surface area contributed by atoms with E-state index in [-0.39, 0.29) is 11.2 Å². The second-order valence-corrected chi connectivity index (χ2v) is 8.04. The smallest absolute Gasteiger partial charge is 0.237 e. The fraction of sp³-hybridized carbons (Fsp3) is 0.300. The topological polar surface area (TPSA) is 72.7 Å². The maximum Gasteiger partial charge on any atom is 0.237 e. The molecule has 1 heterocycles. The summed E-state index contributed by atoms with van der Waals surface area (Å²) in [6.45, 7) is 9.92. The minimum Gasteiger partial charge on any atom is -0.325 e. The van der Waals surface area contributed by atoms with E-state index >= 15 is 0 Å². The van der Waals surface area contributed by atoms with Gasteiger partial charge < -0.3 is 5.32 Å². The summed E-state index contributed by atoms with van der Waals surface area (Å²) in [5.74, 6) is -0.0810. The third-order valence-corrected chi connectivity index (χ3v) is 5.36. The molecular weight excluding hydrogens is 358 g/mol. The van der Waals surface area contributed by atoms with Gasteiger partial charge in [0.15, 0.2) is 0 Å². The molecule has 6 nitrogen and oxygen atoms in total. The average Bonchev–Trinajstić information content (AvgIpc) is 3.07. The van der Waals surface area contributed by atoms with Gasteiger partial charge in [-0.2, -0.15) is 4.68 Å². The molecule has 0 aliphatic heterocycles. The zero-order valence-corrected chi connectivity index (χ0v) is 17.0. The van der Waals surface area contributed by atoms with Crippen LogP contribution in [0, 0.1) is 27.7 Å². The molecule has 0 fully saturated rings. The van der Waals surface area contributed by atoms with Gasteiger partial charge in [0, 0.05) is 5.69 Å². The van der Waals surface area contributed by atoms with Crippen LogP contribution in [-0.4, -0.2) is 31.4 Å². The lowest BCUT2D eigenvalue weighted by Gasteiger charge is -2.14. The number of hydrogen-bond acceptors (Lipinski definition) is 5. The van der Waals surface area contributed by atoms with Crippen molar-refractivity contribution in [2.24, 2.45) is 0 Å². The number of hydrogen-bond donors (Lipinski definition) is 1. The highest BCUT2D eigenvalue weighted by atomic mass is 32.2. The Kier molecular flexibility index (Phi) is 5.60. The summed E-state index contributed by atoms with van der Waals surface area (Å²) in [4.78, 5) is 12.6. The Bertz CT molecular complexity index is 982. The maximum atomic E-state index is 12.6. The van der Waals surface area contributed by atoms with Gasteiger partial charge in [-0.25, -0.2) is 0 Å². The first kappa shape index (κ1) is 19.1. The number of rotatable bonds is 5. The highest BCUT2D eigenvalue weighted by molar-refractivity contribution is 8.00. The van der Waals surface area contributed by atoms with Gasteiger partial charge in [0.2, 0.25) is 11.1 Å². The summed E-state index contributed by atoms with van der Waals surface area (Å²) in [6, 6.07) is 12.1. The lowest BCUT2D eigenvalue weighted by molar-refractivity contribution is -0.115. The maximum absolute atomic E-state index is 12.6. The van der Waals surface area contributed by atoms with Crippen molar-refractivity contribution in [3.8, 4) is 5.69 Å². The lowest BCUT2D eigenvalue weighted by Crippen LogP contribution is -2.23. The molecule has 0 radical (unpaired) electrons. The summed E-state index contributed by atoms with van der Waals surface area (Å²) in [5.41, 5.74) is 6.16. The number of anilines is 1. The molecule has 0 unspecified atom stereocenters. The zero-order chi connectivity index (χ0) is 19.6. The largest absolute Gasteiger partial charge is 0.325 e. The Hall–Kier alpha value is -2.67. The molecule has 0 saturated carbocycles. The third-order valence-electron chi connectivity index (χ3n) is 4.32. The Morgan fingerprint density at radius 3 is 2.48 bits per heavy atom. The van der Waals surface area contributed by atoms with Crippen LogP contribution in [0.1, 0.15) is 29.2 Å². The minimum absolute atomic E-state index is 0.0810. The fourth-order valence-corrected chi connectivity index (χ4v) is 3.55. The number of tetrazole rings is 1. The summed E-state index contributed by atoms with van der Waals surface area (Å²) in [7, 11) is 0. The molecule has 0 aliphatic carbocycles. The molecule has 0 saturated heterocycles. The molecule has 140 valence electrons. The normalized spacial score (nSPS) is 12.0. The molecule has 3 rings (SSSR count). The number of nitrogens with zero attached hydrogens (tertiary/aromatic N) is 4. The van der Waals surface area contributed by atoms with Gasteiger partial charge in [0.25, 0.3) is 0 Å². The molecular formula is C20H23N5OS. The molecule has 1 atom stereocenters. The van der Waals surface area contributed by atoms with Crippen molar-refractivity contribution >= 4 is 23.4 Å². The van der Waals surface area contributed by atoms with E-state index in [0.717, 1.165) is 28.1 Å². The van der Waals surface area contributed by atoms with Crippen molar-refractivity contribution < 1.29 is 4.79 Å². The molecule has 1 amide bonds. The average molecular weight is 382 g/mol. The van der Waals surface area contributed by atoms with Gasteiger partial charge in [0.05, 0.1) is 10.9 Å². The zero-order valence-electron chi connectivity index (χ0n) is 16.1. The van der Waals surface area contributed by atoms with Crippen LogP contribution in [-0.2, 0) is 4.79 Å². The highest BCUT2D eigenvalue weighted by Crippen LogP contribution is 2.26. The van der Waals surface area contributed by atoms with Gasteiger partial charge in [-0.05, 0) is 73.9 Å². The molecule has 3 aromatic rings. The number of aromatic nitrogens is 4. The van der Waals surface area contributed by atoms with Crippen LogP contribution >= 0.6 is 11.8 Å². The van der Waals surface area contributed by atoms with E-state index in [9.17, 15) is 4.79 Å². The van der Waals surface area contributed by atoms with E-state index in [1.165, 1.54) is 17.3 Å². The Morgan fingerprint density at radius 2 is 1.74 bits per heavy atom. The molecule has 2 aromatic carbocycles. The molecule has 0 bridgehead atoms. The van der Waals surface area contributed by atoms with Crippen molar-refractivity contribution in [1.82, 2.24) is 20.2 Å². The van der Waals surface area contributed by atoms with Gasteiger partial charge in [-0.3, -0.25) is 4.79 Å². The third kappa shape index (κ3) is 4.36. The second-order valence-electron chi connectivity index (χ2n) is 6.73. The summed E-state index contributed by atoms with van der Waals surface area (Å²) in [5, 5.41) is 15.3. The number of nitrogens with one attached hydrogen (secondary N) is 1. The molecule has 1 aromatic heterocycles. The van der Waals surface area contributed by atoms with Gasteiger partial charge >= 0.3 is 0 Å². The molecule has 0 aliphatic rings. The molecule has 1 N–H and O–H groups in total. The quantitative estimate of drug-likeness (QED) is 0.676. The van der Waals surface area contributed by atoms with Crippen molar-refractivity contribution in [3.63, 3.8) is 0 Å². The molecule has 27 heavy (non-hydrogen) atoms. The molecule has 0 spiro atoms. The van der Waals surface area contributed by atoms with Gasteiger partial charge in [-0.1, -0.05) is 41.6 Å². The van der Waals surface area contributed by atoms with Crippen molar-refractivity contribution in [2.45, 2.75) is 45.0 Å². The van der Waals surface area contributed by atoms with E-state index in [2.05, 4.69) is 33.0 Å². The highest BCUT2D eigenvalue weighted by Gasteiger charge is 2.20. The van der Waals surface area contributed by atoms with Crippen molar-refractivity contribution in [2.75, 3.05) is 5.32 Å². The van der Waals surface area contributed by atoms with Crippen LogP contribution in [0.25, 0.3) is 5.69 Å². The Balaban J connectivity index is 1.77. The number of thioether (sulfide) groups is 1. The first-order valence-corrected chi connectivity index (χ1v) is 9.64. The van der Waals surface area contributed by atoms with Crippen molar-refractivity contribution in [3.05, 3.63) is 58.7 Å². The van der Waals surface area contributed by atoms with Gasteiger partial charge in [-0.15, -0.1) is 5.10 Å². The summed E-state index contributed by atoms with van der Waals surface area (Å²) < 4.78 is 1.69. The standard InChI is InChI=1S/C20H23N5OS/c1-12-7-9-17(15(4)10-12)21-19(26)16(5)27-20-22-23-24-25(20)18-11-13(2)6-8-14(18)3/h6-11,16H,1-5H3,(H,21,26)/t16-/m0/s1. The number of aryl methyl sites for hydroxylation is 4. The lowest BCUT2D eigenvalue weighted by atomic mass is 10.1. The summed E-state index contributed by atoms with van der Waals surface area (Å²) in [6.07, 6.45) is 0. The van der Waals surface area contributed by atoms with E-state index in [0.29, 0.717) is 5.16 Å². The van der Waals surface area contributed by atoms with E-state index in [1.54, 1.807) is 4.68 Å². The van der Waals surface area contributed by atoms with E-state index in [4.69, 9.17) is 0 Å².